The van der Waals surface area contributed by atoms with Gasteiger partial charge >= 0.3 is 11.9 Å². The smallest absolute Gasteiger partial charge is 0.356 e. The van der Waals surface area contributed by atoms with Crippen LogP contribution in [0.2, 0.25) is 0 Å². The van der Waals surface area contributed by atoms with Gasteiger partial charge in [0.2, 0.25) is 0 Å². The summed E-state index contributed by atoms with van der Waals surface area (Å²) >= 11 is 0. The summed E-state index contributed by atoms with van der Waals surface area (Å²) in [5.74, 6) is 7.86. The number of nitrogens with two attached hydrogens (primary N) is 2. The van der Waals surface area contributed by atoms with Crippen LogP contribution in [0.5, 0.6) is 0 Å². The van der Waals surface area contributed by atoms with Crippen molar-refractivity contribution >= 4 is 11.9 Å². The third kappa shape index (κ3) is 3.83. The van der Waals surface area contributed by atoms with Crippen molar-refractivity contribution in [3.05, 3.63) is 24.3 Å². The Hall–Kier alpha value is -1.66. The Kier molecular flexibility index (Phi) is 5.20. The maximum Gasteiger partial charge on any atom is 0.356 e. The summed E-state index contributed by atoms with van der Waals surface area (Å²) in [5, 5.41) is 0. The lowest BCUT2D eigenvalue weighted by molar-refractivity contribution is -0.144. The Bertz CT molecular complexity index is 273. The largest absolute Gasteiger partial charge is 0.373 e. The first-order valence-electron chi connectivity index (χ1n) is 3.70. The van der Waals surface area contributed by atoms with Crippen LogP contribution in [-0.2, 0) is 19.3 Å². The normalized spacial score (nSPS) is 9.00. The standard InChI is InChI=1S/C8H12N2O4/c1-5(3-4-7(11)13-9)6(2)8(12)14-10/h1-4,9-10H2. The third-order valence-electron chi connectivity index (χ3n) is 1.54. The van der Waals surface area contributed by atoms with Crippen LogP contribution >= 0.6 is 0 Å². The summed E-state index contributed by atoms with van der Waals surface area (Å²) in [7, 11) is 0. The summed E-state index contributed by atoms with van der Waals surface area (Å²) in [5.41, 5.74) is 0.378. The first-order chi connectivity index (χ1) is 6.52. The topological polar surface area (TPSA) is 105 Å². The molecule has 0 spiro atoms. The molecule has 0 aliphatic rings. The van der Waals surface area contributed by atoms with Gasteiger partial charge in [0, 0.05) is 0 Å². The van der Waals surface area contributed by atoms with Gasteiger partial charge in [0.05, 0.1) is 12.0 Å². The van der Waals surface area contributed by atoms with Gasteiger partial charge in [-0.25, -0.2) is 4.79 Å². The molecule has 0 rings (SSSR count). The van der Waals surface area contributed by atoms with E-state index in [0.717, 1.165) is 0 Å². The van der Waals surface area contributed by atoms with Gasteiger partial charge in [0.1, 0.15) is 0 Å². The average Bonchev–Trinajstić information content (AvgIpc) is 2.22. The lowest BCUT2D eigenvalue weighted by atomic mass is 10.1. The highest BCUT2D eigenvalue weighted by molar-refractivity contribution is 5.92. The molecular weight excluding hydrogens is 188 g/mol. The Morgan fingerprint density at radius 3 is 2.07 bits per heavy atom. The second-order valence-electron chi connectivity index (χ2n) is 2.48. The predicted octanol–water partition coefficient (Wildman–Crippen LogP) is -0.287. The van der Waals surface area contributed by atoms with Crippen LogP contribution in [0.1, 0.15) is 12.8 Å². The molecule has 0 heterocycles. The molecule has 0 aromatic heterocycles. The van der Waals surface area contributed by atoms with Crippen LogP contribution in [0, 0.1) is 0 Å². The van der Waals surface area contributed by atoms with E-state index in [1.165, 1.54) is 0 Å². The fraction of sp³-hybridized carbons (Fsp3) is 0.250. The summed E-state index contributed by atoms with van der Waals surface area (Å²) in [6.45, 7) is 6.92. The molecule has 6 heteroatoms. The molecular formula is C8H12N2O4. The van der Waals surface area contributed by atoms with Crippen molar-refractivity contribution in [3.8, 4) is 0 Å². The monoisotopic (exact) mass is 200 g/mol. The first-order valence-corrected chi connectivity index (χ1v) is 3.70. The molecule has 0 aliphatic heterocycles. The van der Waals surface area contributed by atoms with Gasteiger partial charge in [0.25, 0.3) is 0 Å². The number of carbonyl (C=O) groups is 2. The molecule has 6 nitrogen and oxygen atoms in total. The zero-order valence-corrected chi connectivity index (χ0v) is 7.62. The maximum absolute atomic E-state index is 10.8. The lowest BCUT2D eigenvalue weighted by Crippen LogP contribution is -2.14. The highest BCUT2D eigenvalue weighted by atomic mass is 16.7. The van der Waals surface area contributed by atoms with E-state index in [-0.39, 0.29) is 18.4 Å². The molecule has 0 aromatic carbocycles. The molecule has 0 fully saturated rings. The van der Waals surface area contributed by atoms with E-state index in [0.29, 0.717) is 5.57 Å². The van der Waals surface area contributed by atoms with Gasteiger partial charge in [-0.1, -0.05) is 13.2 Å². The number of carbonyl (C=O) groups excluding carboxylic acids is 2. The number of hydrogen-bond acceptors (Lipinski definition) is 6. The quantitative estimate of drug-likeness (QED) is 0.359. The molecule has 0 radical (unpaired) electrons. The Labute approximate surface area is 81.1 Å². The minimum Gasteiger partial charge on any atom is -0.373 e. The summed E-state index contributed by atoms with van der Waals surface area (Å²) in [4.78, 5) is 29.3. The van der Waals surface area contributed by atoms with Crippen LogP contribution in [-0.4, -0.2) is 11.9 Å². The molecule has 0 atom stereocenters. The zero-order valence-electron chi connectivity index (χ0n) is 7.62. The minimum absolute atomic E-state index is 0.0200. The van der Waals surface area contributed by atoms with Crippen molar-refractivity contribution in [2.24, 2.45) is 11.8 Å². The fourth-order valence-electron chi connectivity index (χ4n) is 0.678. The number of rotatable bonds is 5. The van der Waals surface area contributed by atoms with Crippen molar-refractivity contribution in [1.29, 1.82) is 0 Å². The van der Waals surface area contributed by atoms with Crippen molar-refractivity contribution < 1.29 is 19.3 Å². The Balaban J connectivity index is 4.03. The van der Waals surface area contributed by atoms with Crippen molar-refractivity contribution in [2.45, 2.75) is 12.8 Å². The predicted molar refractivity (Wildman–Crippen MR) is 48.1 cm³/mol. The summed E-state index contributed by atoms with van der Waals surface area (Å²) in [6, 6.07) is 0. The van der Waals surface area contributed by atoms with Crippen LogP contribution in [0.4, 0.5) is 0 Å². The number of hydrogen-bond donors (Lipinski definition) is 2. The van der Waals surface area contributed by atoms with E-state index in [2.05, 4.69) is 34.6 Å². The van der Waals surface area contributed by atoms with E-state index in [4.69, 9.17) is 0 Å². The molecule has 0 aliphatic carbocycles. The Morgan fingerprint density at radius 2 is 1.64 bits per heavy atom. The molecule has 0 amide bonds. The maximum atomic E-state index is 10.8. The van der Waals surface area contributed by atoms with Gasteiger partial charge in [-0.3, -0.25) is 4.79 Å². The minimum atomic E-state index is -0.781. The van der Waals surface area contributed by atoms with Crippen molar-refractivity contribution in [3.63, 3.8) is 0 Å². The Morgan fingerprint density at radius 1 is 1.07 bits per heavy atom. The zero-order chi connectivity index (χ0) is 11.1. The molecule has 0 aromatic rings. The van der Waals surface area contributed by atoms with Crippen LogP contribution in [0.3, 0.4) is 0 Å². The molecule has 0 bridgehead atoms. The molecule has 0 saturated heterocycles. The van der Waals surface area contributed by atoms with Gasteiger partial charge in [-0.2, -0.15) is 11.8 Å². The second kappa shape index (κ2) is 5.90. The molecule has 78 valence electrons. The lowest BCUT2D eigenvalue weighted by Gasteiger charge is -2.05. The highest BCUT2D eigenvalue weighted by Crippen LogP contribution is 2.13. The highest BCUT2D eigenvalue weighted by Gasteiger charge is 2.12. The fourth-order valence-corrected chi connectivity index (χ4v) is 0.678. The van der Waals surface area contributed by atoms with Crippen LogP contribution < -0.4 is 11.8 Å². The second-order valence-corrected chi connectivity index (χ2v) is 2.48. The van der Waals surface area contributed by atoms with Crippen molar-refractivity contribution in [1.82, 2.24) is 0 Å². The van der Waals surface area contributed by atoms with Gasteiger partial charge in [-0.05, 0) is 12.0 Å². The van der Waals surface area contributed by atoms with E-state index in [1.54, 1.807) is 0 Å². The van der Waals surface area contributed by atoms with Gasteiger partial charge < -0.3 is 9.68 Å². The van der Waals surface area contributed by atoms with Crippen LogP contribution in [0.25, 0.3) is 0 Å². The summed E-state index contributed by atoms with van der Waals surface area (Å²) < 4.78 is 0. The average molecular weight is 200 g/mol. The van der Waals surface area contributed by atoms with E-state index < -0.39 is 11.9 Å². The van der Waals surface area contributed by atoms with Gasteiger partial charge in [-0.15, -0.1) is 0 Å². The van der Waals surface area contributed by atoms with E-state index in [9.17, 15) is 9.59 Å². The van der Waals surface area contributed by atoms with Crippen molar-refractivity contribution in [2.75, 3.05) is 0 Å². The van der Waals surface area contributed by atoms with Crippen LogP contribution in [0.15, 0.2) is 24.3 Å². The third-order valence-corrected chi connectivity index (χ3v) is 1.54. The summed E-state index contributed by atoms with van der Waals surface area (Å²) in [6.07, 6.45) is 0.232. The first kappa shape index (κ1) is 12.3. The molecule has 0 saturated carbocycles. The van der Waals surface area contributed by atoms with E-state index >= 15 is 0 Å². The molecule has 4 N–H and O–H groups in total. The molecule has 0 unspecified atom stereocenters. The van der Waals surface area contributed by atoms with E-state index in [1.807, 2.05) is 0 Å². The SMILES string of the molecule is C=C(CCC(=O)ON)C(=C)C(=O)ON. The molecule has 14 heavy (non-hydrogen) atoms. The van der Waals surface area contributed by atoms with Gasteiger partial charge in [0.15, 0.2) is 0 Å².